The third-order valence-corrected chi connectivity index (χ3v) is 6.70. The molecule has 0 radical (unpaired) electrons. The van der Waals surface area contributed by atoms with Crippen molar-refractivity contribution in [2.45, 2.75) is 11.8 Å². The van der Waals surface area contributed by atoms with Crippen molar-refractivity contribution in [1.82, 2.24) is 10.9 Å². The van der Waals surface area contributed by atoms with Crippen molar-refractivity contribution in [3.05, 3.63) is 89.2 Å². The molecule has 8 nitrogen and oxygen atoms in total. The summed E-state index contributed by atoms with van der Waals surface area (Å²) in [6.45, 7) is 1.64. The number of carbonyl (C=O) groups excluding carboxylic acids is 2. The number of hydrogen-bond donors (Lipinski definition) is 2. The highest BCUT2D eigenvalue weighted by Crippen LogP contribution is 2.31. The molecule has 0 fully saturated rings. The van der Waals surface area contributed by atoms with Gasteiger partial charge in [-0.15, -0.1) is 0 Å². The molecule has 0 atom stereocenters. The third kappa shape index (κ3) is 5.12. The van der Waals surface area contributed by atoms with Crippen LogP contribution in [0.2, 0.25) is 0 Å². The number of rotatable bonds is 6. The Morgan fingerprint density at radius 2 is 1.58 bits per heavy atom. The minimum atomic E-state index is -4.03. The Bertz CT molecular complexity index is 1290. The van der Waals surface area contributed by atoms with Crippen LogP contribution in [0, 0.1) is 12.7 Å². The molecule has 0 aliphatic carbocycles. The summed E-state index contributed by atoms with van der Waals surface area (Å²) in [6.07, 6.45) is 0. The normalized spacial score (nSPS) is 10.9. The molecule has 33 heavy (non-hydrogen) atoms. The Hall–Kier alpha value is -3.92. The van der Waals surface area contributed by atoms with E-state index in [0.717, 1.165) is 16.4 Å². The lowest BCUT2D eigenvalue weighted by molar-refractivity contribution is 0.0846. The standard InChI is InChI=1S/C23H22FN3O5S/c1-15-8-13-18(33(30,31)27(2)20-6-4-5-7-21(20)32-3)14-19(15)23(29)26-25-22(28)16-9-11-17(24)12-10-16/h4-14H,1-3H3,(H,25,28)(H,26,29). The number of halogens is 1. The van der Waals surface area contributed by atoms with Gasteiger partial charge in [-0.1, -0.05) is 18.2 Å². The SMILES string of the molecule is COc1ccccc1N(C)S(=O)(=O)c1ccc(C)c(C(=O)NNC(=O)c2ccc(F)cc2)c1. The van der Waals surface area contributed by atoms with Gasteiger partial charge < -0.3 is 4.74 Å². The summed E-state index contributed by atoms with van der Waals surface area (Å²) in [5, 5.41) is 0. The summed E-state index contributed by atoms with van der Waals surface area (Å²) in [7, 11) is -1.20. The van der Waals surface area contributed by atoms with E-state index in [1.165, 1.54) is 44.5 Å². The molecule has 172 valence electrons. The highest BCUT2D eigenvalue weighted by Gasteiger charge is 2.25. The Balaban J connectivity index is 1.82. The molecule has 2 amide bonds. The molecule has 0 saturated heterocycles. The fourth-order valence-electron chi connectivity index (χ4n) is 3.04. The smallest absolute Gasteiger partial charge is 0.270 e. The van der Waals surface area contributed by atoms with Gasteiger partial charge in [-0.25, -0.2) is 12.8 Å². The molecule has 0 unspecified atom stereocenters. The largest absolute Gasteiger partial charge is 0.495 e. The first-order valence-electron chi connectivity index (χ1n) is 9.74. The van der Waals surface area contributed by atoms with Crippen molar-refractivity contribution in [3.8, 4) is 5.75 Å². The maximum atomic E-state index is 13.2. The number of nitrogens with one attached hydrogen (secondary N) is 2. The van der Waals surface area contributed by atoms with Crippen molar-refractivity contribution < 1.29 is 27.1 Å². The lowest BCUT2D eigenvalue weighted by atomic mass is 10.1. The Labute approximate surface area is 191 Å². The van der Waals surface area contributed by atoms with Crippen LogP contribution in [0.15, 0.2) is 71.6 Å². The quantitative estimate of drug-likeness (QED) is 0.538. The molecular weight excluding hydrogens is 449 g/mol. The Morgan fingerprint density at radius 1 is 0.939 bits per heavy atom. The average molecular weight is 472 g/mol. The van der Waals surface area contributed by atoms with Gasteiger partial charge in [-0.3, -0.25) is 24.7 Å². The second kappa shape index (κ2) is 9.70. The molecule has 2 N–H and O–H groups in total. The van der Waals surface area contributed by atoms with Crippen LogP contribution < -0.4 is 19.9 Å². The van der Waals surface area contributed by atoms with Crippen molar-refractivity contribution in [2.24, 2.45) is 0 Å². The number of aryl methyl sites for hydroxylation is 1. The number of sulfonamides is 1. The van der Waals surface area contributed by atoms with Crippen LogP contribution in [0.1, 0.15) is 26.3 Å². The molecular formula is C23H22FN3O5S. The molecule has 0 aliphatic heterocycles. The minimum Gasteiger partial charge on any atom is -0.495 e. The predicted octanol–water partition coefficient (Wildman–Crippen LogP) is 3.04. The van der Waals surface area contributed by atoms with Crippen LogP contribution in [0.3, 0.4) is 0 Å². The molecule has 0 bridgehead atoms. The van der Waals surface area contributed by atoms with E-state index in [1.807, 2.05) is 0 Å². The number of benzene rings is 3. The second-order valence-corrected chi connectivity index (χ2v) is 9.01. The fourth-order valence-corrected chi connectivity index (χ4v) is 4.27. The lowest BCUT2D eigenvalue weighted by Gasteiger charge is -2.22. The van der Waals surface area contributed by atoms with Crippen molar-refractivity contribution in [3.63, 3.8) is 0 Å². The zero-order valence-corrected chi connectivity index (χ0v) is 18.9. The molecule has 10 heteroatoms. The van der Waals surface area contributed by atoms with Crippen molar-refractivity contribution in [1.29, 1.82) is 0 Å². The number of para-hydroxylation sites is 2. The molecule has 3 aromatic rings. The summed E-state index contributed by atoms with van der Waals surface area (Å²) in [5.74, 6) is -1.49. The van der Waals surface area contributed by atoms with Crippen LogP contribution in [-0.4, -0.2) is 34.4 Å². The van der Waals surface area contributed by atoms with Crippen LogP contribution in [-0.2, 0) is 10.0 Å². The molecule has 0 aliphatic rings. The third-order valence-electron chi connectivity index (χ3n) is 4.93. The van der Waals surface area contributed by atoms with E-state index >= 15 is 0 Å². The van der Waals surface area contributed by atoms with Gasteiger partial charge in [0.2, 0.25) is 0 Å². The number of carbonyl (C=O) groups is 2. The zero-order valence-electron chi connectivity index (χ0n) is 18.1. The predicted molar refractivity (Wildman–Crippen MR) is 121 cm³/mol. The molecule has 0 spiro atoms. The number of ether oxygens (including phenoxy) is 1. The number of hydrogen-bond acceptors (Lipinski definition) is 5. The van der Waals surface area contributed by atoms with Crippen LogP contribution in [0.25, 0.3) is 0 Å². The van der Waals surface area contributed by atoms with E-state index in [2.05, 4.69) is 10.9 Å². The fraction of sp³-hybridized carbons (Fsp3) is 0.130. The first-order chi connectivity index (χ1) is 15.6. The summed E-state index contributed by atoms with van der Waals surface area (Å²) < 4.78 is 45.7. The van der Waals surface area contributed by atoms with E-state index in [-0.39, 0.29) is 16.0 Å². The van der Waals surface area contributed by atoms with Crippen LogP contribution >= 0.6 is 0 Å². The molecule has 0 saturated carbocycles. The minimum absolute atomic E-state index is 0.0592. The monoisotopic (exact) mass is 471 g/mol. The van der Waals surface area contributed by atoms with Gasteiger partial charge in [0.1, 0.15) is 11.6 Å². The van der Waals surface area contributed by atoms with E-state index in [0.29, 0.717) is 17.0 Å². The van der Waals surface area contributed by atoms with E-state index in [1.54, 1.807) is 31.2 Å². The van der Waals surface area contributed by atoms with Gasteiger partial charge in [0.15, 0.2) is 0 Å². The molecule has 3 rings (SSSR count). The van der Waals surface area contributed by atoms with Crippen LogP contribution in [0.5, 0.6) is 5.75 Å². The first-order valence-corrected chi connectivity index (χ1v) is 11.2. The average Bonchev–Trinajstić information content (AvgIpc) is 2.82. The topological polar surface area (TPSA) is 105 Å². The highest BCUT2D eigenvalue weighted by molar-refractivity contribution is 7.92. The van der Waals surface area contributed by atoms with Gasteiger partial charge in [0.25, 0.3) is 21.8 Å². The van der Waals surface area contributed by atoms with E-state index in [9.17, 15) is 22.4 Å². The van der Waals surface area contributed by atoms with Crippen molar-refractivity contribution >= 4 is 27.5 Å². The highest BCUT2D eigenvalue weighted by atomic mass is 32.2. The van der Waals surface area contributed by atoms with Gasteiger partial charge in [0.05, 0.1) is 17.7 Å². The van der Waals surface area contributed by atoms with E-state index in [4.69, 9.17) is 4.74 Å². The second-order valence-electron chi connectivity index (χ2n) is 7.04. The molecule has 0 heterocycles. The Kier molecular flexibility index (Phi) is 6.98. The Morgan fingerprint density at radius 3 is 2.24 bits per heavy atom. The maximum Gasteiger partial charge on any atom is 0.270 e. The van der Waals surface area contributed by atoms with Gasteiger partial charge >= 0.3 is 0 Å². The molecule has 0 aromatic heterocycles. The van der Waals surface area contributed by atoms with Gasteiger partial charge in [-0.05, 0) is 61.0 Å². The zero-order chi connectivity index (χ0) is 24.2. The molecule has 3 aromatic carbocycles. The number of amides is 2. The van der Waals surface area contributed by atoms with Crippen molar-refractivity contribution in [2.75, 3.05) is 18.5 Å². The van der Waals surface area contributed by atoms with Gasteiger partial charge in [0, 0.05) is 18.2 Å². The maximum absolute atomic E-state index is 13.2. The number of nitrogens with zero attached hydrogens (tertiary/aromatic N) is 1. The number of anilines is 1. The van der Waals surface area contributed by atoms with Crippen LogP contribution in [0.4, 0.5) is 10.1 Å². The summed E-state index contributed by atoms with van der Waals surface area (Å²) in [4.78, 5) is 24.7. The summed E-state index contributed by atoms with van der Waals surface area (Å²) in [6, 6.07) is 15.5. The summed E-state index contributed by atoms with van der Waals surface area (Å²) >= 11 is 0. The number of hydrazine groups is 1. The lowest BCUT2D eigenvalue weighted by Crippen LogP contribution is -2.42. The van der Waals surface area contributed by atoms with Gasteiger partial charge in [-0.2, -0.15) is 0 Å². The van der Waals surface area contributed by atoms with E-state index < -0.39 is 27.7 Å². The first kappa shape index (κ1) is 23.7. The number of methoxy groups -OCH3 is 1. The summed E-state index contributed by atoms with van der Waals surface area (Å²) in [5.41, 5.74) is 5.51.